The molecule has 1 atom stereocenters. The monoisotopic (exact) mass is 353 g/mol. The molecule has 6 nitrogen and oxygen atoms in total. The Balaban J connectivity index is 2.01. The van der Waals surface area contributed by atoms with Crippen molar-refractivity contribution in [1.82, 2.24) is 9.97 Å². The zero-order valence-electron chi connectivity index (χ0n) is 12.3. The fourth-order valence-electron chi connectivity index (χ4n) is 1.61. The molecule has 1 heterocycles. The molecule has 0 spiro atoms. The average Bonchev–Trinajstić information content (AvgIpc) is 2.52. The van der Waals surface area contributed by atoms with Crippen molar-refractivity contribution in [2.75, 3.05) is 5.32 Å². The molecule has 2 rings (SSSR count). The number of carbonyl (C=O) groups is 2. The number of anilines is 1. The largest absolute Gasteiger partial charge is 0.448 e. The lowest BCUT2D eigenvalue weighted by molar-refractivity contribution is -0.123. The Hall–Kier alpha value is -2.18. The lowest BCUT2D eigenvalue weighted by Crippen LogP contribution is -2.30. The van der Waals surface area contributed by atoms with Crippen LogP contribution in [0.2, 0.25) is 10.0 Å². The Kier molecular flexibility index (Phi) is 5.52. The molecule has 0 fully saturated rings. The van der Waals surface area contributed by atoms with Gasteiger partial charge in [-0.15, -0.1) is 0 Å². The molecule has 0 bridgehead atoms. The molecular weight excluding hydrogens is 341 g/mol. The second-order valence-electron chi connectivity index (χ2n) is 4.68. The van der Waals surface area contributed by atoms with Crippen LogP contribution in [0.4, 0.5) is 5.69 Å². The van der Waals surface area contributed by atoms with Crippen LogP contribution >= 0.6 is 23.2 Å². The van der Waals surface area contributed by atoms with Gasteiger partial charge in [0.15, 0.2) is 11.8 Å². The van der Waals surface area contributed by atoms with Crippen LogP contribution in [0.5, 0.6) is 0 Å². The number of hydrogen-bond donors (Lipinski definition) is 1. The van der Waals surface area contributed by atoms with Gasteiger partial charge in [0, 0.05) is 6.20 Å². The Morgan fingerprint density at radius 1 is 1.22 bits per heavy atom. The highest BCUT2D eigenvalue weighted by atomic mass is 35.5. The summed E-state index contributed by atoms with van der Waals surface area (Å²) in [6, 6.07) is 4.83. The molecule has 0 aliphatic carbocycles. The second-order valence-corrected chi connectivity index (χ2v) is 5.47. The molecule has 8 heteroatoms. The maximum absolute atomic E-state index is 12.1. The van der Waals surface area contributed by atoms with Gasteiger partial charge in [0.1, 0.15) is 0 Å². The highest BCUT2D eigenvalue weighted by Gasteiger charge is 2.21. The molecule has 0 radical (unpaired) electrons. The predicted octanol–water partition coefficient (Wildman–Crippen LogP) is 3.28. The summed E-state index contributed by atoms with van der Waals surface area (Å²) in [5.41, 5.74) is 1.03. The average molecular weight is 354 g/mol. The summed E-state index contributed by atoms with van der Waals surface area (Å²) in [6.45, 7) is 3.18. The van der Waals surface area contributed by atoms with Crippen molar-refractivity contribution in [1.29, 1.82) is 0 Å². The fraction of sp³-hybridized carbons (Fsp3) is 0.200. The van der Waals surface area contributed by atoms with Crippen molar-refractivity contribution in [3.63, 3.8) is 0 Å². The Labute approximate surface area is 142 Å². The lowest BCUT2D eigenvalue weighted by atomic mass is 10.3. The SMILES string of the molecule is Cc1cnc(C(=O)O[C@H](C)C(=O)Nc2cccc(Cl)c2Cl)cn1. The molecule has 1 N–H and O–H groups in total. The number of hydrogen-bond acceptors (Lipinski definition) is 5. The van der Waals surface area contributed by atoms with Gasteiger partial charge in [-0.05, 0) is 26.0 Å². The van der Waals surface area contributed by atoms with Crippen molar-refractivity contribution >= 4 is 40.8 Å². The van der Waals surface area contributed by atoms with E-state index in [1.54, 1.807) is 25.1 Å². The van der Waals surface area contributed by atoms with Crippen LogP contribution in [0.25, 0.3) is 0 Å². The maximum atomic E-state index is 12.1. The van der Waals surface area contributed by atoms with E-state index in [1.165, 1.54) is 19.3 Å². The fourth-order valence-corrected chi connectivity index (χ4v) is 1.95. The van der Waals surface area contributed by atoms with E-state index >= 15 is 0 Å². The number of carbonyl (C=O) groups excluding carboxylic acids is 2. The highest BCUT2D eigenvalue weighted by Crippen LogP contribution is 2.29. The number of amides is 1. The number of rotatable bonds is 4. The molecular formula is C15H13Cl2N3O3. The first-order valence-corrected chi connectivity index (χ1v) is 7.38. The van der Waals surface area contributed by atoms with Crippen LogP contribution in [0.3, 0.4) is 0 Å². The Morgan fingerprint density at radius 3 is 2.61 bits per heavy atom. The van der Waals surface area contributed by atoms with E-state index < -0.39 is 18.0 Å². The van der Waals surface area contributed by atoms with Crippen molar-refractivity contribution in [2.24, 2.45) is 0 Å². The molecule has 0 saturated heterocycles. The third-order valence-electron chi connectivity index (χ3n) is 2.85. The summed E-state index contributed by atoms with van der Waals surface area (Å²) in [5.74, 6) is -1.28. The minimum atomic E-state index is -1.04. The number of nitrogens with zero attached hydrogens (tertiary/aromatic N) is 2. The summed E-state index contributed by atoms with van der Waals surface area (Å²) in [4.78, 5) is 31.8. The number of benzene rings is 1. The number of nitrogens with one attached hydrogen (secondary N) is 1. The molecule has 0 saturated carbocycles. The van der Waals surface area contributed by atoms with E-state index in [9.17, 15) is 9.59 Å². The van der Waals surface area contributed by atoms with Crippen molar-refractivity contribution in [2.45, 2.75) is 20.0 Å². The Morgan fingerprint density at radius 2 is 1.96 bits per heavy atom. The normalized spacial score (nSPS) is 11.7. The first kappa shape index (κ1) is 17.2. The van der Waals surface area contributed by atoms with Gasteiger partial charge in [0.2, 0.25) is 0 Å². The van der Waals surface area contributed by atoms with Gasteiger partial charge in [-0.25, -0.2) is 9.78 Å². The third-order valence-corrected chi connectivity index (χ3v) is 3.67. The number of ether oxygens (including phenoxy) is 1. The first-order chi connectivity index (χ1) is 10.9. The zero-order chi connectivity index (χ0) is 17.0. The second kappa shape index (κ2) is 7.39. The van der Waals surface area contributed by atoms with Gasteiger partial charge >= 0.3 is 5.97 Å². The van der Waals surface area contributed by atoms with Crippen LogP contribution in [0, 0.1) is 6.92 Å². The first-order valence-electron chi connectivity index (χ1n) is 6.63. The van der Waals surface area contributed by atoms with E-state index in [0.717, 1.165) is 0 Å². The van der Waals surface area contributed by atoms with Gasteiger partial charge in [0.05, 0.1) is 27.6 Å². The highest BCUT2D eigenvalue weighted by molar-refractivity contribution is 6.44. The number of esters is 1. The number of halogens is 2. The van der Waals surface area contributed by atoms with Crippen molar-refractivity contribution < 1.29 is 14.3 Å². The Bertz CT molecular complexity index is 735. The number of aromatic nitrogens is 2. The lowest BCUT2D eigenvalue weighted by Gasteiger charge is -2.14. The van der Waals surface area contributed by atoms with Crippen LogP contribution in [-0.4, -0.2) is 27.9 Å². The van der Waals surface area contributed by atoms with Crippen molar-refractivity contribution in [3.8, 4) is 0 Å². The quantitative estimate of drug-likeness (QED) is 0.853. The van der Waals surface area contributed by atoms with Crippen LogP contribution in [0.15, 0.2) is 30.6 Å². The van der Waals surface area contributed by atoms with Gasteiger partial charge in [-0.1, -0.05) is 29.3 Å². The van der Waals surface area contributed by atoms with Crippen LogP contribution < -0.4 is 5.32 Å². The summed E-state index contributed by atoms with van der Waals surface area (Å²) in [6.07, 6.45) is 1.68. The van der Waals surface area contributed by atoms with E-state index in [0.29, 0.717) is 16.4 Å². The number of aryl methyl sites for hydroxylation is 1. The molecule has 1 aromatic carbocycles. The molecule has 1 aromatic heterocycles. The van der Waals surface area contributed by atoms with Gasteiger partial charge in [0.25, 0.3) is 5.91 Å². The summed E-state index contributed by atoms with van der Waals surface area (Å²) in [7, 11) is 0. The summed E-state index contributed by atoms with van der Waals surface area (Å²) >= 11 is 11.9. The van der Waals surface area contributed by atoms with E-state index in [1.807, 2.05) is 0 Å². The standard InChI is InChI=1S/C15H13Cl2N3O3/c1-8-6-19-12(7-18-8)15(22)23-9(2)14(21)20-11-5-3-4-10(16)13(11)17/h3-7,9H,1-2H3,(H,20,21)/t9-/m1/s1. The van der Waals surface area contributed by atoms with Gasteiger partial charge < -0.3 is 10.1 Å². The van der Waals surface area contributed by atoms with E-state index in [4.69, 9.17) is 27.9 Å². The summed E-state index contributed by atoms with van der Waals surface area (Å²) in [5, 5.41) is 3.07. The van der Waals surface area contributed by atoms with Gasteiger partial charge in [-0.2, -0.15) is 0 Å². The minimum absolute atomic E-state index is 0.0241. The molecule has 0 unspecified atom stereocenters. The third kappa shape index (κ3) is 4.40. The minimum Gasteiger partial charge on any atom is -0.448 e. The predicted molar refractivity (Wildman–Crippen MR) is 86.7 cm³/mol. The maximum Gasteiger partial charge on any atom is 0.359 e. The molecule has 120 valence electrons. The molecule has 23 heavy (non-hydrogen) atoms. The molecule has 2 aromatic rings. The molecule has 1 amide bonds. The summed E-state index contributed by atoms with van der Waals surface area (Å²) < 4.78 is 5.05. The van der Waals surface area contributed by atoms with Crippen LogP contribution in [-0.2, 0) is 9.53 Å². The van der Waals surface area contributed by atoms with E-state index in [-0.39, 0.29) is 10.7 Å². The van der Waals surface area contributed by atoms with E-state index in [2.05, 4.69) is 15.3 Å². The topological polar surface area (TPSA) is 81.2 Å². The smallest absolute Gasteiger partial charge is 0.359 e. The van der Waals surface area contributed by atoms with Crippen LogP contribution in [0.1, 0.15) is 23.1 Å². The van der Waals surface area contributed by atoms with Crippen molar-refractivity contribution in [3.05, 3.63) is 52.0 Å². The molecule has 0 aliphatic rings. The molecule has 0 aliphatic heterocycles. The van der Waals surface area contributed by atoms with Gasteiger partial charge in [-0.3, -0.25) is 9.78 Å². The zero-order valence-corrected chi connectivity index (χ0v) is 13.9.